The molecule has 0 saturated heterocycles. The molecule has 0 aliphatic carbocycles. The molecule has 0 aliphatic rings. The maximum Gasteiger partial charge on any atom is 0.141 e. The Balaban J connectivity index is 2.25. The van der Waals surface area contributed by atoms with Crippen LogP contribution in [-0.4, -0.2) is 25.0 Å². The van der Waals surface area contributed by atoms with Gasteiger partial charge in [0.2, 0.25) is 0 Å². The van der Waals surface area contributed by atoms with Gasteiger partial charge in [-0.1, -0.05) is 18.5 Å². The highest BCUT2D eigenvalue weighted by Crippen LogP contribution is 2.24. The van der Waals surface area contributed by atoms with Gasteiger partial charge in [-0.3, -0.25) is 9.78 Å². The Hall–Kier alpha value is -1.40. The van der Waals surface area contributed by atoms with Crippen LogP contribution in [0.5, 0.6) is 0 Å². The Labute approximate surface area is 111 Å². The average molecular weight is 269 g/mol. The Kier molecular flexibility index (Phi) is 3.98. The highest BCUT2D eigenvalue weighted by molar-refractivity contribution is 6.31. The van der Waals surface area contributed by atoms with Crippen molar-refractivity contribution in [1.29, 1.82) is 0 Å². The minimum Gasteiger partial charge on any atom is -0.321 e. The molecule has 0 fully saturated rings. The molecule has 0 radical (unpaired) electrons. The summed E-state index contributed by atoms with van der Waals surface area (Å²) in [5.74, 6) is 0.660. The van der Waals surface area contributed by atoms with Crippen molar-refractivity contribution >= 4 is 11.6 Å². The van der Waals surface area contributed by atoms with Crippen LogP contribution < -0.4 is 5.73 Å². The lowest BCUT2D eigenvalue weighted by Crippen LogP contribution is -2.17. The van der Waals surface area contributed by atoms with E-state index in [9.17, 15) is 0 Å². The van der Waals surface area contributed by atoms with Crippen LogP contribution in [0.15, 0.2) is 6.33 Å². The summed E-state index contributed by atoms with van der Waals surface area (Å²) >= 11 is 6.33. The predicted molar refractivity (Wildman–Crippen MR) is 69.3 cm³/mol. The fourth-order valence-electron chi connectivity index (χ4n) is 1.91. The molecule has 18 heavy (non-hydrogen) atoms. The minimum absolute atomic E-state index is 0.253. The topological polar surface area (TPSA) is 85.4 Å². The summed E-state index contributed by atoms with van der Waals surface area (Å²) in [7, 11) is 0. The first-order valence-electron chi connectivity index (χ1n) is 6.02. The lowest BCUT2D eigenvalue weighted by Gasteiger charge is -2.10. The summed E-state index contributed by atoms with van der Waals surface area (Å²) < 4.78 is 1.90. The summed E-state index contributed by atoms with van der Waals surface area (Å²) in [6, 6.07) is -0.253. The zero-order chi connectivity index (χ0) is 13.1. The zero-order valence-electron chi connectivity index (χ0n) is 10.5. The molecule has 6 nitrogen and oxygen atoms in total. The van der Waals surface area contributed by atoms with Gasteiger partial charge in [-0.05, 0) is 13.3 Å². The van der Waals surface area contributed by atoms with Crippen LogP contribution in [0.25, 0.3) is 0 Å². The normalized spacial score (nSPS) is 12.9. The van der Waals surface area contributed by atoms with Gasteiger partial charge in [0.25, 0.3) is 0 Å². The molecule has 0 aromatic carbocycles. The monoisotopic (exact) mass is 268 g/mol. The molecule has 2 rings (SSSR count). The summed E-state index contributed by atoms with van der Waals surface area (Å²) in [4.78, 5) is 4.06. The van der Waals surface area contributed by atoms with E-state index in [2.05, 4.69) is 20.3 Å². The number of aromatic nitrogens is 5. The standard InChI is InChI=1S/C11H17ClN6/c1-3-8-10(12)9(18(4-2)17-8)5-7(13)11-14-6-15-16-11/h6-7H,3-5,13H2,1-2H3,(H,14,15,16). The Morgan fingerprint density at radius 1 is 1.50 bits per heavy atom. The average Bonchev–Trinajstić information content (AvgIpc) is 2.99. The number of H-pyrrole nitrogens is 1. The molecule has 3 N–H and O–H groups in total. The number of aromatic amines is 1. The van der Waals surface area contributed by atoms with Crippen LogP contribution >= 0.6 is 11.6 Å². The summed E-state index contributed by atoms with van der Waals surface area (Å²) in [6.07, 6.45) is 2.86. The van der Waals surface area contributed by atoms with Crippen molar-refractivity contribution in [3.63, 3.8) is 0 Å². The van der Waals surface area contributed by atoms with Gasteiger partial charge in [0.15, 0.2) is 0 Å². The molecule has 0 aliphatic heterocycles. The van der Waals surface area contributed by atoms with Crippen LogP contribution in [0.2, 0.25) is 5.02 Å². The van der Waals surface area contributed by atoms with E-state index in [-0.39, 0.29) is 6.04 Å². The molecule has 0 spiro atoms. The third-order valence-corrected chi connectivity index (χ3v) is 3.33. The van der Waals surface area contributed by atoms with E-state index < -0.39 is 0 Å². The van der Waals surface area contributed by atoms with Crippen LogP contribution in [0.1, 0.15) is 37.1 Å². The number of nitrogens with one attached hydrogen (secondary N) is 1. The number of rotatable bonds is 5. The van der Waals surface area contributed by atoms with E-state index in [0.29, 0.717) is 17.3 Å². The van der Waals surface area contributed by atoms with Crippen molar-refractivity contribution in [3.8, 4) is 0 Å². The molecule has 1 atom stereocenters. The van der Waals surface area contributed by atoms with Gasteiger partial charge in [0.1, 0.15) is 12.2 Å². The van der Waals surface area contributed by atoms with Gasteiger partial charge in [-0.2, -0.15) is 10.2 Å². The second-order valence-electron chi connectivity index (χ2n) is 4.06. The Morgan fingerprint density at radius 3 is 2.83 bits per heavy atom. The smallest absolute Gasteiger partial charge is 0.141 e. The zero-order valence-corrected chi connectivity index (χ0v) is 11.3. The third kappa shape index (κ3) is 2.39. The highest BCUT2D eigenvalue weighted by atomic mass is 35.5. The first-order chi connectivity index (χ1) is 8.67. The molecule has 0 amide bonds. The second-order valence-corrected chi connectivity index (χ2v) is 4.44. The van der Waals surface area contributed by atoms with Crippen molar-refractivity contribution in [3.05, 3.63) is 28.6 Å². The SMILES string of the molecule is CCc1nn(CC)c(CC(N)c2ncn[nH]2)c1Cl. The van der Waals surface area contributed by atoms with E-state index in [0.717, 1.165) is 24.4 Å². The predicted octanol–water partition coefficient (Wildman–Crippen LogP) is 1.48. The van der Waals surface area contributed by atoms with E-state index >= 15 is 0 Å². The lowest BCUT2D eigenvalue weighted by atomic mass is 10.1. The molecule has 98 valence electrons. The van der Waals surface area contributed by atoms with Crippen molar-refractivity contribution in [1.82, 2.24) is 25.0 Å². The van der Waals surface area contributed by atoms with Crippen LogP contribution in [0.3, 0.4) is 0 Å². The third-order valence-electron chi connectivity index (χ3n) is 2.89. The first kappa shape index (κ1) is 13.0. The van der Waals surface area contributed by atoms with Crippen molar-refractivity contribution < 1.29 is 0 Å². The van der Waals surface area contributed by atoms with Crippen molar-refractivity contribution in [2.75, 3.05) is 0 Å². The van der Waals surface area contributed by atoms with Gasteiger partial charge in [-0.25, -0.2) is 4.98 Å². The molecule has 2 aromatic rings. The van der Waals surface area contributed by atoms with E-state index in [1.54, 1.807) is 0 Å². The maximum atomic E-state index is 6.33. The van der Waals surface area contributed by atoms with Gasteiger partial charge in [-0.15, -0.1) is 0 Å². The quantitative estimate of drug-likeness (QED) is 0.860. The number of halogens is 1. The van der Waals surface area contributed by atoms with Crippen molar-refractivity contribution in [2.24, 2.45) is 5.73 Å². The molecular weight excluding hydrogens is 252 g/mol. The number of hydrogen-bond acceptors (Lipinski definition) is 4. The van der Waals surface area contributed by atoms with Crippen LogP contribution in [0, 0.1) is 0 Å². The molecule has 2 aromatic heterocycles. The molecule has 0 bridgehead atoms. The Bertz CT molecular complexity index is 504. The summed E-state index contributed by atoms with van der Waals surface area (Å²) in [5, 5.41) is 11.8. The second kappa shape index (κ2) is 5.49. The largest absolute Gasteiger partial charge is 0.321 e. The lowest BCUT2D eigenvalue weighted by molar-refractivity contribution is 0.574. The fourth-order valence-corrected chi connectivity index (χ4v) is 2.26. The molecule has 1 unspecified atom stereocenters. The number of nitrogens with zero attached hydrogens (tertiary/aromatic N) is 4. The van der Waals surface area contributed by atoms with Gasteiger partial charge < -0.3 is 5.73 Å². The van der Waals surface area contributed by atoms with Gasteiger partial charge >= 0.3 is 0 Å². The maximum absolute atomic E-state index is 6.33. The first-order valence-corrected chi connectivity index (χ1v) is 6.40. The van der Waals surface area contributed by atoms with Gasteiger partial charge in [0.05, 0.1) is 22.5 Å². The molecule has 0 saturated carbocycles. The fraction of sp³-hybridized carbons (Fsp3) is 0.545. The van der Waals surface area contributed by atoms with E-state index in [1.807, 2.05) is 18.5 Å². The van der Waals surface area contributed by atoms with Gasteiger partial charge in [0, 0.05) is 13.0 Å². The Morgan fingerprint density at radius 2 is 2.28 bits per heavy atom. The van der Waals surface area contributed by atoms with Crippen molar-refractivity contribution in [2.45, 2.75) is 39.3 Å². The van der Waals surface area contributed by atoms with Crippen LogP contribution in [0.4, 0.5) is 0 Å². The minimum atomic E-state index is -0.253. The number of aryl methyl sites for hydroxylation is 2. The number of hydrogen-bond donors (Lipinski definition) is 2. The van der Waals surface area contributed by atoms with Crippen LogP contribution in [-0.2, 0) is 19.4 Å². The van der Waals surface area contributed by atoms with E-state index in [4.69, 9.17) is 17.3 Å². The van der Waals surface area contributed by atoms with E-state index in [1.165, 1.54) is 6.33 Å². The summed E-state index contributed by atoms with van der Waals surface area (Å²) in [5.41, 5.74) is 7.95. The summed E-state index contributed by atoms with van der Waals surface area (Å²) in [6.45, 7) is 4.85. The molecule has 2 heterocycles. The molecular formula is C11H17ClN6. The highest BCUT2D eigenvalue weighted by Gasteiger charge is 2.19. The number of nitrogens with two attached hydrogens (primary N) is 1. The molecule has 7 heteroatoms.